The minimum absolute atomic E-state index is 0.217. The minimum atomic E-state index is -1.15. The zero-order chi connectivity index (χ0) is 15.1. The van der Waals surface area contributed by atoms with Crippen molar-refractivity contribution in [1.29, 1.82) is 0 Å². The second kappa shape index (κ2) is 4.69. The van der Waals surface area contributed by atoms with E-state index in [1.807, 2.05) is 13.8 Å². The van der Waals surface area contributed by atoms with Crippen molar-refractivity contribution in [3.63, 3.8) is 0 Å². The van der Waals surface area contributed by atoms with Crippen molar-refractivity contribution < 1.29 is 19.4 Å². The molecule has 1 aliphatic rings. The van der Waals surface area contributed by atoms with Crippen molar-refractivity contribution >= 4 is 12.1 Å². The van der Waals surface area contributed by atoms with E-state index in [2.05, 4.69) is 0 Å². The van der Waals surface area contributed by atoms with Gasteiger partial charge < -0.3 is 9.84 Å². The molecule has 1 saturated heterocycles. The summed E-state index contributed by atoms with van der Waals surface area (Å²) < 4.78 is 5.35. The first-order chi connectivity index (χ1) is 8.43. The van der Waals surface area contributed by atoms with Crippen molar-refractivity contribution in [3.05, 3.63) is 0 Å². The van der Waals surface area contributed by atoms with Crippen LogP contribution in [0.1, 0.15) is 54.4 Å². The SMILES string of the molecule is CC[C@@]1(C(=O)O)CC(C)(C)CN1C(=O)OC(C)(C)C. The van der Waals surface area contributed by atoms with Gasteiger partial charge in [-0.05, 0) is 39.0 Å². The van der Waals surface area contributed by atoms with Crippen LogP contribution in [0.15, 0.2) is 0 Å². The number of hydrogen-bond acceptors (Lipinski definition) is 3. The van der Waals surface area contributed by atoms with Gasteiger partial charge in [0.15, 0.2) is 0 Å². The van der Waals surface area contributed by atoms with E-state index in [4.69, 9.17) is 4.74 Å². The first kappa shape index (κ1) is 15.8. The van der Waals surface area contributed by atoms with Crippen LogP contribution in [-0.4, -0.2) is 39.8 Å². The molecule has 1 fully saturated rings. The van der Waals surface area contributed by atoms with Gasteiger partial charge in [0.1, 0.15) is 11.1 Å². The maximum Gasteiger partial charge on any atom is 0.411 e. The molecule has 0 spiro atoms. The Morgan fingerprint density at radius 2 is 1.84 bits per heavy atom. The molecule has 1 aliphatic heterocycles. The van der Waals surface area contributed by atoms with Gasteiger partial charge in [0, 0.05) is 6.54 Å². The molecule has 0 aromatic heterocycles. The number of likely N-dealkylation sites (tertiary alicyclic amines) is 1. The fourth-order valence-electron chi connectivity index (χ4n) is 2.74. The summed E-state index contributed by atoms with van der Waals surface area (Å²) in [6.45, 7) is 11.5. The van der Waals surface area contributed by atoms with Crippen molar-refractivity contribution in [2.45, 2.75) is 65.5 Å². The highest BCUT2D eigenvalue weighted by atomic mass is 16.6. The monoisotopic (exact) mass is 271 g/mol. The normalized spacial score (nSPS) is 26.3. The molecule has 0 aromatic carbocycles. The quantitative estimate of drug-likeness (QED) is 0.838. The summed E-state index contributed by atoms with van der Waals surface area (Å²) in [5.41, 5.74) is -1.99. The molecule has 0 bridgehead atoms. The predicted octanol–water partition coefficient (Wildman–Crippen LogP) is 2.89. The van der Waals surface area contributed by atoms with Crippen LogP contribution >= 0.6 is 0 Å². The average molecular weight is 271 g/mol. The van der Waals surface area contributed by atoms with Gasteiger partial charge in [0.25, 0.3) is 0 Å². The van der Waals surface area contributed by atoms with Gasteiger partial charge in [0.05, 0.1) is 0 Å². The molecule has 19 heavy (non-hydrogen) atoms. The highest BCUT2D eigenvalue weighted by molar-refractivity contribution is 5.85. The van der Waals surface area contributed by atoms with Crippen LogP contribution in [0.5, 0.6) is 0 Å². The molecule has 0 aliphatic carbocycles. The fraction of sp³-hybridized carbons (Fsp3) is 0.857. The van der Waals surface area contributed by atoms with Gasteiger partial charge in [-0.25, -0.2) is 9.59 Å². The molecule has 5 heteroatoms. The number of aliphatic carboxylic acids is 1. The lowest BCUT2D eigenvalue weighted by Gasteiger charge is -2.35. The number of carbonyl (C=O) groups excluding carboxylic acids is 1. The van der Waals surface area contributed by atoms with Gasteiger partial charge in [-0.1, -0.05) is 20.8 Å². The summed E-state index contributed by atoms with van der Waals surface area (Å²) in [7, 11) is 0. The summed E-state index contributed by atoms with van der Waals surface area (Å²) in [5.74, 6) is -0.952. The third-order valence-corrected chi connectivity index (χ3v) is 3.47. The summed E-state index contributed by atoms with van der Waals surface area (Å²) >= 11 is 0. The Labute approximate surface area is 114 Å². The molecule has 1 N–H and O–H groups in total. The average Bonchev–Trinajstić information content (AvgIpc) is 2.48. The van der Waals surface area contributed by atoms with Crippen LogP contribution in [0.4, 0.5) is 4.79 Å². The van der Waals surface area contributed by atoms with Crippen molar-refractivity contribution in [2.24, 2.45) is 5.41 Å². The van der Waals surface area contributed by atoms with E-state index in [1.54, 1.807) is 27.7 Å². The lowest BCUT2D eigenvalue weighted by Crippen LogP contribution is -2.53. The second-order valence-corrected chi connectivity index (χ2v) is 7.10. The van der Waals surface area contributed by atoms with Crippen LogP contribution in [0.3, 0.4) is 0 Å². The smallest absolute Gasteiger partial charge is 0.411 e. The minimum Gasteiger partial charge on any atom is -0.479 e. The van der Waals surface area contributed by atoms with Gasteiger partial charge in [-0.15, -0.1) is 0 Å². The topological polar surface area (TPSA) is 66.8 Å². The van der Waals surface area contributed by atoms with Gasteiger partial charge in [-0.2, -0.15) is 0 Å². The number of amides is 1. The number of ether oxygens (including phenoxy) is 1. The van der Waals surface area contributed by atoms with Crippen LogP contribution < -0.4 is 0 Å². The standard InChI is InChI=1S/C14H25NO4/c1-7-14(10(16)17)8-13(5,6)9-15(14)11(18)19-12(2,3)4/h7-9H2,1-6H3,(H,16,17)/t14-/m0/s1. The number of rotatable bonds is 2. The maximum atomic E-state index is 12.3. The lowest BCUT2D eigenvalue weighted by molar-refractivity contribution is -0.149. The van der Waals surface area contributed by atoms with E-state index >= 15 is 0 Å². The Bertz CT molecular complexity index is 383. The molecule has 0 aromatic rings. The summed E-state index contributed by atoms with van der Waals surface area (Å²) in [6, 6.07) is 0. The van der Waals surface area contributed by atoms with Gasteiger partial charge in [0.2, 0.25) is 0 Å². The maximum absolute atomic E-state index is 12.3. The first-order valence-corrected chi connectivity index (χ1v) is 6.67. The first-order valence-electron chi connectivity index (χ1n) is 6.67. The Morgan fingerprint density at radius 3 is 2.21 bits per heavy atom. The molecule has 0 unspecified atom stereocenters. The second-order valence-electron chi connectivity index (χ2n) is 7.10. The third-order valence-electron chi connectivity index (χ3n) is 3.47. The van der Waals surface area contributed by atoms with E-state index in [1.165, 1.54) is 4.90 Å². The van der Waals surface area contributed by atoms with Crippen molar-refractivity contribution in [3.8, 4) is 0 Å². The molecular formula is C14H25NO4. The molecule has 1 amide bonds. The Morgan fingerprint density at radius 1 is 1.32 bits per heavy atom. The molecule has 1 atom stereocenters. The van der Waals surface area contributed by atoms with Crippen LogP contribution in [0.25, 0.3) is 0 Å². The largest absolute Gasteiger partial charge is 0.479 e. The Kier molecular flexibility index (Phi) is 3.90. The Balaban J connectivity index is 3.08. The van der Waals surface area contributed by atoms with Crippen LogP contribution in [0.2, 0.25) is 0 Å². The zero-order valence-electron chi connectivity index (χ0n) is 12.7. The van der Waals surface area contributed by atoms with Crippen molar-refractivity contribution in [1.82, 2.24) is 4.90 Å². The Hall–Kier alpha value is -1.26. The van der Waals surface area contributed by atoms with E-state index in [9.17, 15) is 14.7 Å². The van der Waals surface area contributed by atoms with E-state index < -0.39 is 23.2 Å². The molecule has 1 rings (SSSR count). The van der Waals surface area contributed by atoms with Crippen molar-refractivity contribution in [2.75, 3.05) is 6.54 Å². The summed E-state index contributed by atoms with van der Waals surface area (Å²) in [5, 5.41) is 9.56. The number of hydrogen-bond donors (Lipinski definition) is 1. The van der Waals surface area contributed by atoms with E-state index in [0.29, 0.717) is 19.4 Å². The lowest BCUT2D eigenvalue weighted by atomic mass is 9.82. The predicted molar refractivity (Wildman–Crippen MR) is 72.0 cm³/mol. The summed E-state index contributed by atoms with van der Waals surface area (Å²) in [6.07, 6.45) is 0.290. The number of carboxylic acid groups (broad SMARTS) is 1. The zero-order valence-corrected chi connectivity index (χ0v) is 12.7. The van der Waals surface area contributed by atoms with Gasteiger partial charge in [-0.3, -0.25) is 4.90 Å². The van der Waals surface area contributed by atoms with Crippen LogP contribution in [0, 0.1) is 5.41 Å². The number of nitrogens with zero attached hydrogens (tertiary/aromatic N) is 1. The van der Waals surface area contributed by atoms with E-state index in [-0.39, 0.29) is 5.41 Å². The molecular weight excluding hydrogens is 246 g/mol. The molecule has 5 nitrogen and oxygen atoms in total. The summed E-state index contributed by atoms with van der Waals surface area (Å²) in [4.78, 5) is 25.3. The molecule has 1 heterocycles. The molecule has 0 radical (unpaired) electrons. The van der Waals surface area contributed by atoms with Crippen LogP contribution in [-0.2, 0) is 9.53 Å². The highest BCUT2D eigenvalue weighted by Crippen LogP contribution is 2.44. The number of carbonyl (C=O) groups is 2. The fourth-order valence-corrected chi connectivity index (χ4v) is 2.74. The molecule has 0 saturated carbocycles. The number of carboxylic acids is 1. The highest BCUT2D eigenvalue weighted by Gasteiger charge is 2.56. The third kappa shape index (κ3) is 3.19. The van der Waals surface area contributed by atoms with E-state index in [0.717, 1.165) is 0 Å². The molecule has 110 valence electrons. The van der Waals surface area contributed by atoms with Gasteiger partial charge >= 0.3 is 12.1 Å².